The van der Waals surface area contributed by atoms with E-state index in [0.717, 1.165) is 25.7 Å². The molecule has 0 aromatic heterocycles. The molecule has 0 unspecified atom stereocenters. The summed E-state index contributed by atoms with van der Waals surface area (Å²) in [5.74, 6) is 0.0737. The van der Waals surface area contributed by atoms with Gasteiger partial charge in [-0.1, -0.05) is 19.3 Å². The maximum atomic E-state index is 12.2. The zero-order chi connectivity index (χ0) is 12.9. The number of carbonyl (C=O) groups is 1. The first-order chi connectivity index (χ1) is 7.96. The lowest BCUT2D eigenvalue weighted by Gasteiger charge is -2.35. The summed E-state index contributed by atoms with van der Waals surface area (Å²) in [5.41, 5.74) is 5.58. The molecule has 0 heterocycles. The molecule has 0 radical (unpaired) electrons. The maximum Gasteiger partial charge on any atom is 0.242 e. The first kappa shape index (κ1) is 14.5. The second kappa shape index (κ2) is 6.36. The minimum atomic E-state index is -0.620. The van der Waals surface area contributed by atoms with Gasteiger partial charge in [0.05, 0.1) is 18.2 Å². The summed E-state index contributed by atoms with van der Waals surface area (Å²) in [5, 5.41) is 0. The Hall–Kier alpha value is -0.610. The first-order valence-corrected chi connectivity index (χ1v) is 6.62. The van der Waals surface area contributed by atoms with E-state index in [9.17, 15) is 4.79 Å². The molecule has 0 aromatic rings. The average molecular weight is 242 g/mol. The Balaban J connectivity index is 2.39. The van der Waals surface area contributed by atoms with Crippen LogP contribution in [0.25, 0.3) is 0 Å². The molecule has 1 rings (SSSR count). The Bertz CT molecular complexity index is 248. The highest BCUT2D eigenvalue weighted by Gasteiger charge is 2.37. The largest absolute Gasteiger partial charge is 0.377 e. The summed E-state index contributed by atoms with van der Waals surface area (Å²) in [6, 6.07) is 0. The average Bonchev–Trinajstić information content (AvgIpc) is 2.28. The molecule has 1 aliphatic carbocycles. The molecule has 0 saturated heterocycles. The molecule has 0 atom stereocenters. The van der Waals surface area contributed by atoms with Gasteiger partial charge in [-0.15, -0.1) is 0 Å². The summed E-state index contributed by atoms with van der Waals surface area (Å²) in [6.07, 6.45) is 5.19. The van der Waals surface area contributed by atoms with Gasteiger partial charge < -0.3 is 15.4 Å². The van der Waals surface area contributed by atoms with Gasteiger partial charge in [-0.2, -0.15) is 0 Å². The van der Waals surface area contributed by atoms with Crippen LogP contribution in [0.3, 0.4) is 0 Å². The van der Waals surface area contributed by atoms with Crippen LogP contribution in [-0.4, -0.2) is 42.6 Å². The molecular formula is C13H26N2O2. The van der Waals surface area contributed by atoms with E-state index in [2.05, 4.69) is 0 Å². The van der Waals surface area contributed by atoms with Crippen LogP contribution in [0.15, 0.2) is 0 Å². The van der Waals surface area contributed by atoms with Gasteiger partial charge in [0.2, 0.25) is 5.91 Å². The van der Waals surface area contributed by atoms with E-state index in [4.69, 9.17) is 10.5 Å². The molecule has 1 fully saturated rings. The summed E-state index contributed by atoms with van der Waals surface area (Å²) in [4.78, 5) is 14.0. The van der Waals surface area contributed by atoms with Gasteiger partial charge in [0.25, 0.3) is 0 Å². The van der Waals surface area contributed by atoms with Crippen molar-refractivity contribution in [3.05, 3.63) is 0 Å². The van der Waals surface area contributed by atoms with Gasteiger partial charge >= 0.3 is 0 Å². The van der Waals surface area contributed by atoms with Crippen LogP contribution in [0.5, 0.6) is 0 Å². The minimum absolute atomic E-state index is 0.0737. The molecule has 0 spiro atoms. The van der Waals surface area contributed by atoms with Crippen molar-refractivity contribution in [2.24, 2.45) is 5.73 Å². The molecule has 1 aliphatic rings. The Kier molecular flexibility index (Phi) is 5.40. The molecule has 4 nitrogen and oxygen atoms in total. The normalized spacial score (nSPS) is 19.4. The summed E-state index contributed by atoms with van der Waals surface area (Å²) in [7, 11) is 1.81. The van der Waals surface area contributed by atoms with Crippen LogP contribution in [0, 0.1) is 0 Å². The second-order valence-corrected chi connectivity index (χ2v) is 5.36. The van der Waals surface area contributed by atoms with Gasteiger partial charge in [0.15, 0.2) is 0 Å². The standard InChI is InChI=1S/C13H26N2O2/c1-11(2)17-10-9-15(3)12(16)13(14)7-5-4-6-8-13/h11H,4-10,14H2,1-3H3. The van der Waals surface area contributed by atoms with E-state index in [1.165, 1.54) is 6.42 Å². The fraction of sp³-hybridized carbons (Fsp3) is 0.923. The number of hydrogen-bond acceptors (Lipinski definition) is 3. The topological polar surface area (TPSA) is 55.6 Å². The van der Waals surface area contributed by atoms with Crippen LogP contribution in [0.2, 0.25) is 0 Å². The van der Waals surface area contributed by atoms with Crippen LogP contribution in [-0.2, 0) is 9.53 Å². The molecule has 100 valence electrons. The second-order valence-electron chi connectivity index (χ2n) is 5.36. The number of nitrogens with two attached hydrogens (primary N) is 1. The van der Waals surface area contributed by atoms with E-state index < -0.39 is 5.54 Å². The van der Waals surface area contributed by atoms with Crippen molar-refractivity contribution in [1.29, 1.82) is 0 Å². The third-order valence-electron chi connectivity index (χ3n) is 3.40. The predicted molar refractivity (Wildman–Crippen MR) is 68.7 cm³/mol. The van der Waals surface area contributed by atoms with Crippen molar-refractivity contribution >= 4 is 5.91 Å². The molecular weight excluding hydrogens is 216 g/mol. The van der Waals surface area contributed by atoms with Gasteiger partial charge in [-0.25, -0.2) is 0 Å². The zero-order valence-electron chi connectivity index (χ0n) is 11.4. The highest BCUT2D eigenvalue weighted by atomic mass is 16.5. The molecule has 4 heteroatoms. The lowest BCUT2D eigenvalue weighted by atomic mass is 9.81. The SMILES string of the molecule is CC(C)OCCN(C)C(=O)C1(N)CCCCC1. The van der Waals surface area contributed by atoms with E-state index in [0.29, 0.717) is 13.2 Å². The summed E-state index contributed by atoms with van der Waals surface area (Å²) in [6.45, 7) is 5.19. The van der Waals surface area contributed by atoms with Gasteiger partial charge in [0.1, 0.15) is 0 Å². The summed E-state index contributed by atoms with van der Waals surface area (Å²) < 4.78 is 5.45. The molecule has 2 N–H and O–H groups in total. The van der Waals surface area contributed by atoms with Crippen LogP contribution in [0.4, 0.5) is 0 Å². The quantitative estimate of drug-likeness (QED) is 0.795. The number of rotatable bonds is 5. The van der Waals surface area contributed by atoms with Crippen molar-refractivity contribution in [3.8, 4) is 0 Å². The molecule has 0 aliphatic heterocycles. The smallest absolute Gasteiger partial charge is 0.242 e. The number of amides is 1. The van der Waals surface area contributed by atoms with E-state index in [-0.39, 0.29) is 12.0 Å². The lowest BCUT2D eigenvalue weighted by Crippen LogP contribution is -2.55. The third-order valence-corrected chi connectivity index (χ3v) is 3.40. The first-order valence-electron chi connectivity index (χ1n) is 6.62. The lowest BCUT2D eigenvalue weighted by molar-refractivity contribution is -0.137. The van der Waals surface area contributed by atoms with Crippen molar-refractivity contribution in [2.45, 2.75) is 57.6 Å². The Morgan fingerprint density at radius 2 is 1.94 bits per heavy atom. The van der Waals surface area contributed by atoms with Gasteiger partial charge in [-0.05, 0) is 26.7 Å². The third kappa shape index (κ3) is 4.28. The van der Waals surface area contributed by atoms with E-state index in [1.807, 2.05) is 20.9 Å². The number of carbonyl (C=O) groups excluding carboxylic acids is 1. The molecule has 17 heavy (non-hydrogen) atoms. The van der Waals surface area contributed by atoms with Crippen LogP contribution < -0.4 is 5.73 Å². The zero-order valence-corrected chi connectivity index (χ0v) is 11.4. The number of nitrogens with zero attached hydrogens (tertiary/aromatic N) is 1. The van der Waals surface area contributed by atoms with Crippen molar-refractivity contribution < 1.29 is 9.53 Å². The molecule has 0 aromatic carbocycles. The highest BCUT2D eigenvalue weighted by molar-refractivity contribution is 5.86. The predicted octanol–water partition coefficient (Wildman–Crippen LogP) is 1.53. The molecule has 0 bridgehead atoms. The van der Waals surface area contributed by atoms with Crippen molar-refractivity contribution in [1.82, 2.24) is 4.90 Å². The number of ether oxygens (including phenoxy) is 1. The van der Waals surface area contributed by atoms with E-state index >= 15 is 0 Å². The highest BCUT2D eigenvalue weighted by Crippen LogP contribution is 2.27. The number of hydrogen-bond donors (Lipinski definition) is 1. The fourth-order valence-corrected chi connectivity index (χ4v) is 2.30. The van der Waals surface area contributed by atoms with Gasteiger partial charge in [-0.3, -0.25) is 4.79 Å². The minimum Gasteiger partial charge on any atom is -0.377 e. The van der Waals surface area contributed by atoms with Crippen LogP contribution in [0.1, 0.15) is 46.0 Å². The fourth-order valence-electron chi connectivity index (χ4n) is 2.30. The van der Waals surface area contributed by atoms with Crippen molar-refractivity contribution in [3.63, 3.8) is 0 Å². The monoisotopic (exact) mass is 242 g/mol. The van der Waals surface area contributed by atoms with Gasteiger partial charge in [0, 0.05) is 13.6 Å². The Morgan fingerprint density at radius 3 is 2.47 bits per heavy atom. The Labute approximate surface area is 104 Å². The summed E-state index contributed by atoms with van der Waals surface area (Å²) >= 11 is 0. The number of likely N-dealkylation sites (N-methyl/N-ethyl adjacent to an activating group) is 1. The molecule has 1 amide bonds. The Morgan fingerprint density at radius 1 is 1.35 bits per heavy atom. The van der Waals surface area contributed by atoms with E-state index in [1.54, 1.807) is 4.90 Å². The van der Waals surface area contributed by atoms with Crippen molar-refractivity contribution in [2.75, 3.05) is 20.2 Å². The maximum absolute atomic E-state index is 12.2. The molecule has 1 saturated carbocycles. The van der Waals surface area contributed by atoms with Crippen LogP contribution >= 0.6 is 0 Å².